The Balaban J connectivity index is 1.34. The fourth-order valence-electron chi connectivity index (χ4n) is 3.50. The zero-order valence-electron chi connectivity index (χ0n) is 16.5. The van der Waals surface area contributed by atoms with Crippen LogP contribution >= 0.6 is 0 Å². The maximum Gasteiger partial charge on any atom is 0.231 e. The Morgan fingerprint density at radius 1 is 0.967 bits per heavy atom. The molecule has 1 aliphatic heterocycles. The van der Waals surface area contributed by atoms with E-state index in [-0.39, 0.29) is 0 Å². The van der Waals surface area contributed by atoms with Gasteiger partial charge in [0.1, 0.15) is 5.52 Å². The van der Waals surface area contributed by atoms with Gasteiger partial charge in [-0.05, 0) is 29.8 Å². The van der Waals surface area contributed by atoms with Crippen LogP contribution in [-0.4, -0.2) is 46.2 Å². The van der Waals surface area contributed by atoms with Gasteiger partial charge < -0.3 is 25.3 Å². The molecule has 152 valence electrons. The van der Waals surface area contributed by atoms with Gasteiger partial charge in [0, 0.05) is 31.0 Å². The van der Waals surface area contributed by atoms with Gasteiger partial charge in [0.05, 0.1) is 19.5 Å². The third kappa shape index (κ3) is 4.04. The third-order valence-electron chi connectivity index (χ3n) is 5.08. The molecule has 0 radical (unpaired) electrons. The fraction of sp³-hybridized carbons (Fsp3) is 0.227. The van der Waals surface area contributed by atoms with Crippen molar-refractivity contribution in [1.29, 1.82) is 0 Å². The highest BCUT2D eigenvalue weighted by molar-refractivity contribution is 5.84. The second-order valence-corrected chi connectivity index (χ2v) is 7.11. The molecule has 2 aromatic heterocycles. The van der Waals surface area contributed by atoms with E-state index >= 15 is 0 Å². The van der Waals surface area contributed by atoms with E-state index < -0.39 is 0 Å². The van der Waals surface area contributed by atoms with Crippen LogP contribution in [0, 0.1) is 0 Å². The number of aromatic amines is 1. The molecule has 3 heterocycles. The van der Waals surface area contributed by atoms with Crippen LogP contribution in [0.15, 0.2) is 60.9 Å². The van der Waals surface area contributed by atoms with Crippen LogP contribution in [0.4, 0.5) is 23.1 Å². The molecule has 0 spiro atoms. The number of nitrogens with one attached hydrogen (secondary N) is 3. The lowest BCUT2D eigenvalue weighted by molar-refractivity contribution is 0.122. The van der Waals surface area contributed by atoms with Gasteiger partial charge >= 0.3 is 0 Å². The molecule has 1 fully saturated rings. The van der Waals surface area contributed by atoms with Gasteiger partial charge in [-0.15, -0.1) is 0 Å². The van der Waals surface area contributed by atoms with Crippen molar-refractivity contribution in [2.24, 2.45) is 0 Å². The summed E-state index contributed by atoms with van der Waals surface area (Å²) in [6, 6.07) is 18.5. The lowest BCUT2D eigenvalue weighted by atomic mass is 10.2. The van der Waals surface area contributed by atoms with Crippen molar-refractivity contribution in [3.63, 3.8) is 0 Å². The van der Waals surface area contributed by atoms with Crippen molar-refractivity contribution < 1.29 is 4.74 Å². The average molecular weight is 401 g/mol. The molecule has 1 aliphatic rings. The summed E-state index contributed by atoms with van der Waals surface area (Å²) in [5.41, 5.74) is 4.71. The Kier molecular flexibility index (Phi) is 5.14. The van der Waals surface area contributed by atoms with Crippen LogP contribution in [-0.2, 0) is 11.3 Å². The van der Waals surface area contributed by atoms with Crippen LogP contribution < -0.4 is 15.5 Å². The molecule has 4 aromatic rings. The molecule has 0 atom stereocenters. The van der Waals surface area contributed by atoms with Crippen molar-refractivity contribution in [3.8, 4) is 0 Å². The van der Waals surface area contributed by atoms with Crippen molar-refractivity contribution in [1.82, 2.24) is 19.9 Å². The number of hydrogen-bond donors (Lipinski definition) is 3. The summed E-state index contributed by atoms with van der Waals surface area (Å²) in [7, 11) is 0. The minimum Gasteiger partial charge on any atom is -0.378 e. The monoisotopic (exact) mass is 401 g/mol. The highest BCUT2D eigenvalue weighted by atomic mass is 16.5. The average Bonchev–Trinajstić information content (AvgIpc) is 3.28. The largest absolute Gasteiger partial charge is 0.378 e. The van der Waals surface area contributed by atoms with Gasteiger partial charge in [-0.2, -0.15) is 9.97 Å². The fourth-order valence-corrected chi connectivity index (χ4v) is 3.50. The Morgan fingerprint density at radius 3 is 2.57 bits per heavy atom. The van der Waals surface area contributed by atoms with Gasteiger partial charge in [-0.25, -0.2) is 4.98 Å². The number of aromatic nitrogens is 4. The van der Waals surface area contributed by atoms with Crippen LogP contribution in [0.2, 0.25) is 0 Å². The van der Waals surface area contributed by atoms with Gasteiger partial charge in [0.15, 0.2) is 11.5 Å². The van der Waals surface area contributed by atoms with Gasteiger partial charge in [-0.3, -0.25) is 0 Å². The summed E-state index contributed by atoms with van der Waals surface area (Å²) in [4.78, 5) is 19.0. The lowest BCUT2D eigenvalue weighted by Crippen LogP contribution is -2.36. The number of fused-ring (bicyclic) bond motifs is 1. The predicted octanol–water partition coefficient (Wildman–Crippen LogP) is 3.55. The summed E-state index contributed by atoms with van der Waals surface area (Å²) in [6.45, 7) is 4.05. The number of H-pyrrole nitrogens is 1. The van der Waals surface area contributed by atoms with Crippen molar-refractivity contribution in [2.75, 3.05) is 41.8 Å². The highest BCUT2D eigenvalue weighted by Crippen LogP contribution is 2.24. The molecule has 5 rings (SSSR count). The number of imidazole rings is 1. The summed E-state index contributed by atoms with van der Waals surface area (Å²) in [6.07, 6.45) is 1.63. The summed E-state index contributed by atoms with van der Waals surface area (Å²) in [5.74, 6) is 1.21. The maximum absolute atomic E-state index is 5.43. The van der Waals surface area contributed by atoms with Gasteiger partial charge in [-0.1, -0.05) is 30.3 Å². The minimum absolute atomic E-state index is 0.515. The number of morpholine rings is 1. The first-order valence-electron chi connectivity index (χ1n) is 10.0. The molecule has 8 nitrogen and oxygen atoms in total. The van der Waals surface area contributed by atoms with Crippen LogP contribution in [0.3, 0.4) is 0 Å². The van der Waals surface area contributed by atoms with Crippen LogP contribution in [0.25, 0.3) is 11.2 Å². The summed E-state index contributed by atoms with van der Waals surface area (Å²) >= 11 is 0. The summed E-state index contributed by atoms with van der Waals surface area (Å²) < 4.78 is 5.43. The Hall–Kier alpha value is -3.65. The zero-order chi connectivity index (χ0) is 20.2. The lowest BCUT2D eigenvalue weighted by Gasteiger charge is -2.28. The molecule has 0 amide bonds. The normalized spacial score (nSPS) is 14.1. The smallest absolute Gasteiger partial charge is 0.231 e. The molecular weight excluding hydrogens is 378 g/mol. The summed E-state index contributed by atoms with van der Waals surface area (Å²) in [5, 5.41) is 6.68. The molecular formula is C22H23N7O. The third-order valence-corrected chi connectivity index (χ3v) is 5.08. The van der Waals surface area contributed by atoms with Gasteiger partial charge in [0.25, 0.3) is 0 Å². The standard InChI is InChI=1S/C22H23N7O/c1-2-4-16(5-3-1)14-23-20-19-21(25-15-24-19)28-22(27-20)26-17-6-8-18(9-7-17)29-10-12-30-13-11-29/h1-9,15H,10-14H2,(H3,23,24,25,26,27,28). The number of anilines is 4. The molecule has 1 saturated heterocycles. The van der Waals surface area contributed by atoms with Crippen molar-refractivity contribution in [3.05, 3.63) is 66.5 Å². The molecule has 0 saturated carbocycles. The van der Waals surface area contributed by atoms with E-state index in [4.69, 9.17) is 4.74 Å². The minimum atomic E-state index is 0.515. The molecule has 2 aromatic carbocycles. The first-order valence-corrected chi connectivity index (χ1v) is 10.0. The molecule has 8 heteroatoms. The zero-order valence-corrected chi connectivity index (χ0v) is 16.5. The SMILES string of the molecule is c1ccc(CNc2nc(Nc3ccc(N4CCOCC4)cc3)nc3[nH]cnc23)cc1. The number of nitrogens with zero attached hydrogens (tertiary/aromatic N) is 4. The van der Waals surface area contributed by atoms with Crippen molar-refractivity contribution in [2.45, 2.75) is 6.54 Å². The first-order chi connectivity index (χ1) is 14.8. The molecule has 0 aliphatic carbocycles. The van der Waals surface area contributed by atoms with Gasteiger partial charge in [0.2, 0.25) is 5.95 Å². The number of ether oxygens (including phenoxy) is 1. The van der Waals surface area contributed by atoms with E-state index in [2.05, 4.69) is 59.7 Å². The van der Waals surface area contributed by atoms with E-state index in [0.717, 1.165) is 37.5 Å². The second kappa shape index (κ2) is 8.38. The van der Waals surface area contributed by atoms with Crippen LogP contribution in [0.5, 0.6) is 0 Å². The van der Waals surface area contributed by atoms with E-state index in [1.807, 2.05) is 30.3 Å². The molecule has 30 heavy (non-hydrogen) atoms. The molecule has 3 N–H and O–H groups in total. The van der Waals surface area contributed by atoms with E-state index in [0.29, 0.717) is 24.0 Å². The quantitative estimate of drug-likeness (QED) is 0.455. The highest BCUT2D eigenvalue weighted by Gasteiger charge is 2.12. The van der Waals surface area contributed by atoms with E-state index in [9.17, 15) is 0 Å². The maximum atomic E-state index is 5.43. The second-order valence-electron chi connectivity index (χ2n) is 7.11. The Morgan fingerprint density at radius 2 is 1.77 bits per heavy atom. The van der Waals surface area contributed by atoms with Crippen molar-refractivity contribution >= 4 is 34.3 Å². The topological polar surface area (TPSA) is 91.0 Å². The Bertz CT molecular complexity index is 1110. The van der Waals surface area contributed by atoms with E-state index in [1.54, 1.807) is 6.33 Å². The number of rotatable bonds is 6. The van der Waals surface area contributed by atoms with Crippen LogP contribution in [0.1, 0.15) is 5.56 Å². The molecule has 0 unspecified atom stereocenters. The Labute approximate surface area is 174 Å². The first kappa shape index (κ1) is 18.4. The number of benzene rings is 2. The molecule has 0 bridgehead atoms. The number of hydrogen-bond acceptors (Lipinski definition) is 7. The van der Waals surface area contributed by atoms with E-state index in [1.165, 1.54) is 11.3 Å². The predicted molar refractivity (Wildman–Crippen MR) is 118 cm³/mol.